The maximum Gasteiger partial charge on any atom is 0.408 e. The van der Waals surface area contributed by atoms with Crippen LogP contribution in [-0.4, -0.2) is 28.6 Å². The van der Waals surface area contributed by atoms with E-state index in [1.807, 2.05) is 13.0 Å². The SMILES string of the molecule is Cc1cccnc1NC(=O)[C@@H](C)NC(=O)OC(C)(C)C. The predicted octanol–water partition coefficient (Wildman–Crippen LogP) is 2.24. The molecule has 1 heterocycles. The highest BCUT2D eigenvalue weighted by Gasteiger charge is 2.21. The summed E-state index contributed by atoms with van der Waals surface area (Å²) < 4.78 is 5.09. The quantitative estimate of drug-likeness (QED) is 0.889. The van der Waals surface area contributed by atoms with E-state index in [0.717, 1.165) is 5.56 Å². The van der Waals surface area contributed by atoms with Crippen molar-refractivity contribution < 1.29 is 14.3 Å². The van der Waals surface area contributed by atoms with Crippen molar-refractivity contribution in [3.63, 3.8) is 0 Å². The zero-order valence-corrected chi connectivity index (χ0v) is 12.5. The van der Waals surface area contributed by atoms with E-state index in [9.17, 15) is 9.59 Å². The molecule has 0 radical (unpaired) electrons. The molecule has 0 aliphatic rings. The molecule has 0 saturated heterocycles. The number of aromatic nitrogens is 1. The summed E-state index contributed by atoms with van der Waals surface area (Å²) in [5, 5.41) is 5.13. The fourth-order valence-electron chi connectivity index (χ4n) is 1.39. The first-order valence-electron chi connectivity index (χ1n) is 6.41. The Balaban J connectivity index is 2.56. The molecule has 0 spiro atoms. The van der Waals surface area contributed by atoms with Crippen molar-refractivity contribution in [2.24, 2.45) is 0 Å². The van der Waals surface area contributed by atoms with Crippen LogP contribution in [0.1, 0.15) is 33.3 Å². The Kier molecular flexibility index (Phi) is 5.07. The Hall–Kier alpha value is -2.11. The van der Waals surface area contributed by atoms with E-state index < -0.39 is 17.7 Å². The number of carbonyl (C=O) groups excluding carboxylic acids is 2. The van der Waals surface area contributed by atoms with Crippen LogP contribution in [0.2, 0.25) is 0 Å². The van der Waals surface area contributed by atoms with Crippen molar-refractivity contribution in [2.45, 2.75) is 46.3 Å². The van der Waals surface area contributed by atoms with Crippen molar-refractivity contribution in [3.8, 4) is 0 Å². The molecule has 0 aliphatic heterocycles. The van der Waals surface area contributed by atoms with Crippen LogP contribution in [0.4, 0.5) is 10.6 Å². The minimum absolute atomic E-state index is 0.349. The molecule has 6 heteroatoms. The Morgan fingerprint density at radius 1 is 1.35 bits per heavy atom. The van der Waals surface area contributed by atoms with Gasteiger partial charge in [-0.3, -0.25) is 4.79 Å². The summed E-state index contributed by atoms with van der Waals surface area (Å²) in [6, 6.07) is 2.91. The number of alkyl carbamates (subject to hydrolysis) is 1. The van der Waals surface area contributed by atoms with E-state index >= 15 is 0 Å². The molecule has 110 valence electrons. The second-order valence-corrected chi connectivity index (χ2v) is 5.53. The van der Waals surface area contributed by atoms with E-state index in [0.29, 0.717) is 5.82 Å². The number of hydrogen-bond donors (Lipinski definition) is 2. The average Bonchev–Trinajstić information content (AvgIpc) is 2.29. The summed E-state index contributed by atoms with van der Waals surface area (Å²) in [5.41, 5.74) is 0.253. The van der Waals surface area contributed by atoms with Crippen LogP contribution in [-0.2, 0) is 9.53 Å². The summed E-state index contributed by atoms with van der Waals surface area (Å²) in [7, 11) is 0. The highest BCUT2D eigenvalue weighted by molar-refractivity contribution is 5.96. The molecule has 2 N–H and O–H groups in total. The lowest BCUT2D eigenvalue weighted by Gasteiger charge is -2.21. The fraction of sp³-hybridized carbons (Fsp3) is 0.500. The van der Waals surface area contributed by atoms with Crippen LogP contribution in [0.15, 0.2) is 18.3 Å². The van der Waals surface area contributed by atoms with Gasteiger partial charge in [0.2, 0.25) is 5.91 Å². The zero-order chi connectivity index (χ0) is 15.3. The standard InChI is InChI=1S/C14H21N3O3/c1-9-7-6-8-15-11(9)17-12(18)10(2)16-13(19)20-14(3,4)5/h6-8,10H,1-5H3,(H,16,19)(H,15,17,18)/t10-/m1/s1. The molecule has 1 aromatic rings. The number of carbonyl (C=O) groups is 2. The second kappa shape index (κ2) is 6.36. The van der Waals surface area contributed by atoms with Crippen molar-refractivity contribution in [3.05, 3.63) is 23.9 Å². The molecule has 0 fully saturated rings. The number of nitrogens with one attached hydrogen (secondary N) is 2. The largest absolute Gasteiger partial charge is 0.444 e. The first-order chi connectivity index (χ1) is 9.19. The van der Waals surface area contributed by atoms with Gasteiger partial charge in [0.1, 0.15) is 17.5 Å². The van der Waals surface area contributed by atoms with Gasteiger partial charge in [-0.1, -0.05) is 6.07 Å². The Bertz CT molecular complexity index is 495. The number of amides is 2. The van der Waals surface area contributed by atoms with Gasteiger partial charge < -0.3 is 15.4 Å². The maximum atomic E-state index is 11.9. The van der Waals surface area contributed by atoms with Crippen LogP contribution in [0.5, 0.6) is 0 Å². The minimum Gasteiger partial charge on any atom is -0.444 e. The summed E-state index contributed by atoms with van der Waals surface area (Å²) in [6.45, 7) is 8.70. The van der Waals surface area contributed by atoms with Gasteiger partial charge in [0.25, 0.3) is 0 Å². The third kappa shape index (κ3) is 5.26. The van der Waals surface area contributed by atoms with Gasteiger partial charge in [0.15, 0.2) is 0 Å². The highest BCUT2D eigenvalue weighted by Crippen LogP contribution is 2.10. The number of nitrogens with zero attached hydrogens (tertiary/aromatic N) is 1. The van der Waals surface area contributed by atoms with E-state index in [1.54, 1.807) is 40.0 Å². The summed E-state index contributed by atoms with van der Waals surface area (Å²) in [4.78, 5) is 27.6. The fourth-order valence-corrected chi connectivity index (χ4v) is 1.39. The molecule has 0 aliphatic carbocycles. The third-order valence-corrected chi connectivity index (χ3v) is 2.38. The van der Waals surface area contributed by atoms with E-state index in [4.69, 9.17) is 4.74 Å². The summed E-state index contributed by atoms with van der Waals surface area (Å²) >= 11 is 0. The molecule has 1 rings (SSSR count). The van der Waals surface area contributed by atoms with Crippen molar-refractivity contribution >= 4 is 17.8 Å². The van der Waals surface area contributed by atoms with Gasteiger partial charge in [-0.25, -0.2) is 9.78 Å². The number of aryl methyl sites for hydroxylation is 1. The van der Waals surface area contributed by atoms with Gasteiger partial charge in [-0.15, -0.1) is 0 Å². The Morgan fingerprint density at radius 3 is 2.55 bits per heavy atom. The lowest BCUT2D eigenvalue weighted by Crippen LogP contribution is -2.44. The Morgan fingerprint density at radius 2 is 2.00 bits per heavy atom. The van der Waals surface area contributed by atoms with Crippen LogP contribution < -0.4 is 10.6 Å². The van der Waals surface area contributed by atoms with Crippen molar-refractivity contribution in [2.75, 3.05) is 5.32 Å². The lowest BCUT2D eigenvalue weighted by atomic mass is 10.2. The number of anilines is 1. The van der Waals surface area contributed by atoms with Crippen molar-refractivity contribution in [1.82, 2.24) is 10.3 Å². The number of ether oxygens (including phenoxy) is 1. The molecule has 20 heavy (non-hydrogen) atoms. The van der Waals surface area contributed by atoms with E-state index in [2.05, 4.69) is 15.6 Å². The lowest BCUT2D eigenvalue weighted by molar-refractivity contribution is -0.117. The maximum absolute atomic E-state index is 11.9. The van der Waals surface area contributed by atoms with Gasteiger partial charge >= 0.3 is 6.09 Å². The van der Waals surface area contributed by atoms with E-state index in [1.165, 1.54) is 0 Å². The molecule has 6 nitrogen and oxygen atoms in total. The average molecular weight is 279 g/mol. The normalized spacial score (nSPS) is 12.4. The van der Waals surface area contributed by atoms with Gasteiger partial charge in [0, 0.05) is 6.20 Å². The minimum atomic E-state index is -0.716. The Labute approximate surface area is 118 Å². The molecule has 1 aromatic heterocycles. The van der Waals surface area contributed by atoms with Crippen LogP contribution in [0.3, 0.4) is 0 Å². The first kappa shape index (κ1) is 15.9. The second-order valence-electron chi connectivity index (χ2n) is 5.53. The predicted molar refractivity (Wildman–Crippen MR) is 76.4 cm³/mol. The van der Waals surface area contributed by atoms with Gasteiger partial charge in [-0.05, 0) is 46.2 Å². The molecule has 1 atom stereocenters. The molecular weight excluding hydrogens is 258 g/mol. The van der Waals surface area contributed by atoms with E-state index in [-0.39, 0.29) is 5.91 Å². The summed E-state index contributed by atoms with van der Waals surface area (Å²) in [5.74, 6) is 0.132. The van der Waals surface area contributed by atoms with Crippen LogP contribution >= 0.6 is 0 Å². The molecule has 0 aromatic carbocycles. The highest BCUT2D eigenvalue weighted by atomic mass is 16.6. The molecule has 2 amide bonds. The van der Waals surface area contributed by atoms with Gasteiger partial charge in [-0.2, -0.15) is 0 Å². The number of hydrogen-bond acceptors (Lipinski definition) is 4. The molecular formula is C14H21N3O3. The van der Waals surface area contributed by atoms with Gasteiger partial charge in [0.05, 0.1) is 0 Å². The molecule has 0 saturated carbocycles. The smallest absolute Gasteiger partial charge is 0.408 e. The van der Waals surface area contributed by atoms with Crippen LogP contribution in [0, 0.1) is 6.92 Å². The third-order valence-electron chi connectivity index (χ3n) is 2.38. The topological polar surface area (TPSA) is 80.3 Å². The zero-order valence-electron chi connectivity index (χ0n) is 12.5. The molecule has 0 bridgehead atoms. The van der Waals surface area contributed by atoms with Crippen molar-refractivity contribution in [1.29, 1.82) is 0 Å². The number of pyridine rings is 1. The van der Waals surface area contributed by atoms with Crippen LogP contribution in [0.25, 0.3) is 0 Å². The first-order valence-corrected chi connectivity index (χ1v) is 6.41. The number of rotatable bonds is 3. The molecule has 0 unspecified atom stereocenters. The monoisotopic (exact) mass is 279 g/mol. The summed E-state index contributed by atoms with van der Waals surface area (Å²) in [6.07, 6.45) is 0.965.